The highest BCUT2D eigenvalue weighted by Crippen LogP contribution is 2.61. The lowest BCUT2D eigenvalue weighted by molar-refractivity contribution is -0.274. The quantitative estimate of drug-likeness (QED) is 0.306. The number of fused-ring (bicyclic) bond motifs is 1. The number of nitrogens with one attached hydrogen (secondary N) is 1. The first kappa shape index (κ1) is 27.4. The van der Waals surface area contributed by atoms with Crippen LogP contribution >= 0.6 is 0 Å². The van der Waals surface area contributed by atoms with Gasteiger partial charge < -0.3 is 19.9 Å². The number of aryl methyl sites for hydroxylation is 1. The van der Waals surface area contributed by atoms with E-state index in [-0.39, 0.29) is 17.9 Å². The lowest BCUT2D eigenvalue weighted by Gasteiger charge is -2.58. The van der Waals surface area contributed by atoms with Gasteiger partial charge in [0.2, 0.25) is 0 Å². The minimum Gasteiger partial charge on any atom is -0.487 e. The Balaban J connectivity index is 1.28. The number of alkyl halides is 3. The number of carboxylic acids is 1. The number of rotatable bonds is 8. The van der Waals surface area contributed by atoms with Gasteiger partial charge in [0.05, 0.1) is 5.56 Å². The van der Waals surface area contributed by atoms with Gasteiger partial charge in [0.1, 0.15) is 24.1 Å². The molecule has 1 unspecified atom stereocenters. The number of amides is 1. The number of ether oxygens (including phenoxy) is 2. The molecule has 6 nitrogen and oxygen atoms in total. The van der Waals surface area contributed by atoms with Crippen LogP contribution < -0.4 is 14.8 Å². The molecule has 0 saturated heterocycles. The molecule has 4 aliphatic rings. The van der Waals surface area contributed by atoms with E-state index in [4.69, 9.17) is 4.74 Å². The molecule has 7 rings (SSSR count). The Hall–Kier alpha value is -3.75. The summed E-state index contributed by atoms with van der Waals surface area (Å²) in [6.07, 6.45) is 1.16. The molecule has 216 valence electrons. The fraction of sp³-hybridized carbons (Fsp3) is 0.438. The molecule has 4 bridgehead atoms. The second-order valence-electron chi connectivity index (χ2n) is 12.2. The van der Waals surface area contributed by atoms with Crippen molar-refractivity contribution in [2.75, 3.05) is 0 Å². The van der Waals surface area contributed by atoms with E-state index in [9.17, 15) is 27.9 Å². The summed E-state index contributed by atoms with van der Waals surface area (Å²) in [4.78, 5) is 26.4. The molecular formula is C32H32F3NO5. The molecule has 0 spiro atoms. The summed E-state index contributed by atoms with van der Waals surface area (Å²) in [6, 6.07) is 13.5. The van der Waals surface area contributed by atoms with Gasteiger partial charge in [-0.25, -0.2) is 4.79 Å². The normalized spacial score (nSPS) is 25.6. The Morgan fingerprint density at radius 1 is 0.976 bits per heavy atom. The zero-order valence-corrected chi connectivity index (χ0v) is 22.7. The van der Waals surface area contributed by atoms with E-state index in [2.05, 4.69) is 10.1 Å². The fourth-order valence-corrected chi connectivity index (χ4v) is 7.90. The van der Waals surface area contributed by atoms with E-state index in [0.29, 0.717) is 34.5 Å². The van der Waals surface area contributed by atoms with Crippen molar-refractivity contribution in [2.24, 2.45) is 23.2 Å². The smallest absolute Gasteiger partial charge is 0.487 e. The van der Waals surface area contributed by atoms with E-state index < -0.39 is 29.7 Å². The van der Waals surface area contributed by atoms with Crippen LogP contribution in [-0.4, -0.2) is 29.4 Å². The summed E-state index contributed by atoms with van der Waals surface area (Å²) in [7, 11) is 0. The van der Waals surface area contributed by atoms with Crippen LogP contribution in [0.5, 0.6) is 11.5 Å². The van der Waals surface area contributed by atoms with Crippen LogP contribution in [0, 0.1) is 30.1 Å². The zero-order valence-electron chi connectivity index (χ0n) is 22.7. The lowest BCUT2D eigenvalue weighted by Crippen LogP contribution is -2.59. The van der Waals surface area contributed by atoms with E-state index in [1.54, 1.807) is 12.1 Å². The second-order valence-corrected chi connectivity index (χ2v) is 12.2. The molecule has 4 aliphatic carbocycles. The fourth-order valence-electron chi connectivity index (χ4n) is 7.90. The van der Waals surface area contributed by atoms with Crippen molar-refractivity contribution in [3.63, 3.8) is 0 Å². The minimum atomic E-state index is -4.79. The molecule has 9 heteroatoms. The molecule has 4 saturated carbocycles. The van der Waals surface area contributed by atoms with E-state index in [1.807, 2.05) is 25.1 Å². The number of benzene rings is 3. The summed E-state index contributed by atoms with van der Waals surface area (Å²) in [5.74, 6) is 0.00267. The molecule has 0 aliphatic heterocycles. The summed E-state index contributed by atoms with van der Waals surface area (Å²) in [6.45, 7) is 1.90. The second kappa shape index (κ2) is 10.3. The number of hydrogen-bond donors (Lipinski definition) is 2. The molecule has 41 heavy (non-hydrogen) atoms. The third kappa shape index (κ3) is 5.59. The first-order chi connectivity index (χ1) is 19.5. The third-order valence-corrected chi connectivity index (χ3v) is 9.13. The van der Waals surface area contributed by atoms with Crippen LogP contribution in [-0.2, 0) is 11.4 Å². The first-order valence-electron chi connectivity index (χ1n) is 14.0. The Morgan fingerprint density at radius 3 is 2.17 bits per heavy atom. The average molecular weight is 568 g/mol. The third-order valence-electron chi connectivity index (χ3n) is 9.13. The minimum absolute atomic E-state index is 0.0169. The predicted molar refractivity (Wildman–Crippen MR) is 146 cm³/mol. The standard InChI is InChI=1S/C32H32F3NO5/c1-18-2-5-23-6-9-25(27(26(23)10-18)40-17-19-3-7-24(8-4-19)41-32(33,34)35)29(37)36-28(30(38)39)31-14-20-11-21(15-31)13-22(12-20)16-31/h2-10,20-22,28H,11-17H2,1H3,(H,36,37)(H,38,39). The highest BCUT2D eigenvalue weighted by molar-refractivity contribution is 6.05. The van der Waals surface area contributed by atoms with Crippen LogP contribution in [0.15, 0.2) is 54.6 Å². The van der Waals surface area contributed by atoms with Crippen molar-refractivity contribution in [3.8, 4) is 11.5 Å². The molecule has 0 aromatic heterocycles. The monoisotopic (exact) mass is 567 g/mol. The molecule has 0 heterocycles. The summed E-state index contributed by atoms with van der Waals surface area (Å²) in [5, 5.41) is 14.8. The average Bonchev–Trinajstić information content (AvgIpc) is 2.89. The topological polar surface area (TPSA) is 84.9 Å². The number of carbonyl (C=O) groups is 2. The largest absolute Gasteiger partial charge is 0.573 e. The van der Waals surface area contributed by atoms with Gasteiger partial charge in [-0.1, -0.05) is 35.9 Å². The SMILES string of the molecule is Cc1ccc2ccc(C(=O)NC(C(=O)O)C34CC5CC(CC(C5)C3)C4)c(OCc3ccc(OC(F)(F)F)cc3)c2c1. The lowest BCUT2D eigenvalue weighted by atomic mass is 9.47. The van der Waals surface area contributed by atoms with Crippen LogP contribution in [0.1, 0.15) is 60.0 Å². The van der Waals surface area contributed by atoms with Crippen molar-refractivity contribution in [2.45, 2.75) is 64.5 Å². The molecule has 0 radical (unpaired) electrons. The van der Waals surface area contributed by atoms with Crippen LogP contribution in [0.3, 0.4) is 0 Å². The van der Waals surface area contributed by atoms with Crippen molar-refractivity contribution < 1.29 is 37.3 Å². The van der Waals surface area contributed by atoms with Gasteiger partial charge in [-0.05, 0) is 98.4 Å². The van der Waals surface area contributed by atoms with Gasteiger partial charge in [-0.15, -0.1) is 13.2 Å². The van der Waals surface area contributed by atoms with E-state index in [0.717, 1.165) is 49.5 Å². The summed E-state index contributed by atoms with van der Waals surface area (Å²) in [5.41, 5.74) is 1.31. The van der Waals surface area contributed by atoms with Crippen molar-refractivity contribution in [3.05, 3.63) is 71.3 Å². The highest BCUT2D eigenvalue weighted by atomic mass is 19.4. The summed E-state index contributed by atoms with van der Waals surface area (Å²) >= 11 is 0. The molecule has 2 N–H and O–H groups in total. The van der Waals surface area contributed by atoms with Crippen molar-refractivity contribution >= 4 is 22.6 Å². The Bertz CT molecular complexity index is 1450. The molecule has 3 aromatic carbocycles. The van der Waals surface area contributed by atoms with Crippen LogP contribution in [0.25, 0.3) is 10.8 Å². The van der Waals surface area contributed by atoms with Crippen LogP contribution in [0.4, 0.5) is 13.2 Å². The highest BCUT2D eigenvalue weighted by Gasteiger charge is 2.56. The Morgan fingerprint density at radius 2 is 1.59 bits per heavy atom. The van der Waals surface area contributed by atoms with Gasteiger partial charge >= 0.3 is 12.3 Å². The van der Waals surface area contributed by atoms with Gasteiger partial charge in [0, 0.05) is 10.8 Å². The van der Waals surface area contributed by atoms with Gasteiger partial charge in [-0.2, -0.15) is 0 Å². The Kier molecular flexibility index (Phi) is 6.86. The zero-order chi connectivity index (χ0) is 28.9. The first-order valence-corrected chi connectivity index (χ1v) is 14.0. The molecule has 1 amide bonds. The Labute approximate surface area is 235 Å². The maximum atomic E-state index is 13.8. The van der Waals surface area contributed by atoms with Gasteiger partial charge in [0.25, 0.3) is 5.91 Å². The van der Waals surface area contributed by atoms with Crippen molar-refractivity contribution in [1.29, 1.82) is 0 Å². The van der Waals surface area contributed by atoms with Crippen molar-refractivity contribution in [1.82, 2.24) is 5.32 Å². The van der Waals surface area contributed by atoms with Gasteiger partial charge in [-0.3, -0.25) is 4.79 Å². The van der Waals surface area contributed by atoms with Gasteiger partial charge in [0.15, 0.2) is 0 Å². The van der Waals surface area contributed by atoms with E-state index in [1.165, 1.54) is 24.3 Å². The maximum absolute atomic E-state index is 13.8. The number of hydrogen-bond acceptors (Lipinski definition) is 4. The number of carbonyl (C=O) groups excluding carboxylic acids is 1. The molecular weight excluding hydrogens is 535 g/mol. The summed E-state index contributed by atoms with van der Waals surface area (Å²) < 4.78 is 47.7. The number of carboxylic acid groups (broad SMARTS) is 1. The van der Waals surface area contributed by atoms with Crippen LogP contribution in [0.2, 0.25) is 0 Å². The molecule has 4 fully saturated rings. The number of aliphatic carboxylic acids is 1. The molecule has 3 aromatic rings. The maximum Gasteiger partial charge on any atom is 0.573 e. The molecule has 1 atom stereocenters. The van der Waals surface area contributed by atoms with E-state index >= 15 is 0 Å². The predicted octanol–water partition coefficient (Wildman–Crippen LogP) is 7.03. The number of halogens is 3.